The molecule has 21 heavy (non-hydrogen) atoms. The first kappa shape index (κ1) is 16.8. The fraction of sp³-hybridized carbons (Fsp3) is 0.400. The molecule has 0 radical (unpaired) electrons. The minimum absolute atomic E-state index is 0.00939. The molecule has 1 rings (SSSR count). The third-order valence-electron chi connectivity index (χ3n) is 2.47. The lowest BCUT2D eigenvalue weighted by Gasteiger charge is -2.14. The maximum Gasteiger partial charge on any atom is 0.378 e. The molecule has 0 spiro atoms. The van der Waals surface area contributed by atoms with E-state index in [2.05, 4.69) is 4.74 Å². The van der Waals surface area contributed by atoms with Gasteiger partial charge in [-0.2, -0.15) is 0 Å². The smallest absolute Gasteiger partial charge is 0.378 e. The quantitative estimate of drug-likeness (QED) is 0.408. The van der Waals surface area contributed by atoms with Crippen molar-refractivity contribution in [2.24, 2.45) is 0 Å². The van der Waals surface area contributed by atoms with E-state index >= 15 is 0 Å². The molecular formula is C15H18O6. The largest absolute Gasteiger partial charge is 0.464 e. The van der Waals surface area contributed by atoms with Gasteiger partial charge in [0.2, 0.25) is 6.10 Å². The van der Waals surface area contributed by atoms with Crippen molar-refractivity contribution in [3.63, 3.8) is 0 Å². The summed E-state index contributed by atoms with van der Waals surface area (Å²) >= 11 is 0. The number of benzene rings is 1. The van der Waals surface area contributed by atoms with Crippen molar-refractivity contribution in [1.29, 1.82) is 0 Å². The summed E-state index contributed by atoms with van der Waals surface area (Å²) in [4.78, 5) is 35.1. The highest BCUT2D eigenvalue weighted by Gasteiger charge is 2.35. The molecule has 1 aromatic rings. The maximum atomic E-state index is 11.9. The van der Waals surface area contributed by atoms with Gasteiger partial charge in [0.25, 0.3) is 5.78 Å². The van der Waals surface area contributed by atoms with Gasteiger partial charge in [-0.05, 0) is 19.4 Å². The van der Waals surface area contributed by atoms with Crippen LogP contribution >= 0.6 is 0 Å². The number of carbonyl (C=O) groups is 3. The van der Waals surface area contributed by atoms with Gasteiger partial charge in [-0.3, -0.25) is 4.79 Å². The topological polar surface area (TPSA) is 78.9 Å². The number of ketones is 1. The van der Waals surface area contributed by atoms with E-state index in [1.807, 2.05) is 6.07 Å². The van der Waals surface area contributed by atoms with E-state index < -0.39 is 23.8 Å². The summed E-state index contributed by atoms with van der Waals surface area (Å²) in [6, 6.07) is 8.97. The number of hydrogen-bond acceptors (Lipinski definition) is 6. The third kappa shape index (κ3) is 5.35. The Kier molecular flexibility index (Phi) is 7.11. The van der Waals surface area contributed by atoms with Crippen LogP contribution in [0.25, 0.3) is 0 Å². The molecule has 6 heteroatoms. The first-order chi connectivity index (χ1) is 10.1. The Labute approximate surface area is 123 Å². The Hall–Kier alpha value is -2.21. The molecule has 0 fully saturated rings. The molecule has 1 unspecified atom stereocenters. The van der Waals surface area contributed by atoms with Crippen LogP contribution in [-0.2, 0) is 35.2 Å². The maximum absolute atomic E-state index is 11.9. The number of carbonyl (C=O) groups excluding carboxylic acids is 3. The Morgan fingerprint density at radius 3 is 2.19 bits per heavy atom. The molecule has 0 aliphatic heterocycles. The summed E-state index contributed by atoms with van der Waals surface area (Å²) in [5.74, 6) is -3.07. The summed E-state index contributed by atoms with van der Waals surface area (Å²) in [5.41, 5.74) is 0.767. The molecule has 114 valence electrons. The highest BCUT2D eigenvalue weighted by molar-refractivity contribution is 6.39. The molecule has 0 N–H and O–H groups in total. The van der Waals surface area contributed by atoms with Crippen molar-refractivity contribution >= 4 is 17.7 Å². The summed E-state index contributed by atoms with van der Waals surface area (Å²) < 4.78 is 14.6. The lowest BCUT2D eigenvalue weighted by Crippen LogP contribution is -2.39. The van der Waals surface area contributed by atoms with Crippen LogP contribution in [0.2, 0.25) is 0 Å². The number of hydrogen-bond donors (Lipinski definition) is 0. The van der Waals surface area contributed by atoms with E-state index in [0.29, 0.717) is 0 Å². The van der Waals surface area contributed by atoms with E-state index in [4.69, 9.17) is 9.47 Å². The Balaban J connectivity index is 2.75. The second-order valence-electron chi connectivity index (χ2n) is 4.01. The van der Waals surface area contributed by atoms with Gasteiger partial charge < -0.3 is 14.2 Å². The molecule has 1 aromatic carbocycles. The lowest BCUT2D eigenvalue weighted by molar-refractivity contribution is -0.170. The molecule has 0 saturated heterocycles. The second-order valence-corrected chi connectivity index (χ2v) is 4.01. The molecule has 0 bridgehead atoms. The molecule has 0 aliphatic carbocycles. The van der Waals surface area contributed by atoms with Gasteiger partial charge in [-0.15, -0.1) is 0 Å². The minimum Gasteiger partial charge on any atom is -0.464 e. The predicted octanol–water partition coefficient (Wildman–Crippen LogP) is 1.27. The first-order valence-electron chi connectivity index (χ1n) is 6.63. The second kappa shape index (κ2) is 8.86. The van der Waals surface area contributed by atoms with E-state index in [9.17, 15) is 14.4 Å². The summed E-state index contributed by atoms with van der Waals surface area (Å²) in [7, 11) is 0. The van der Waals surface area contributed by atoms with E-state index in [1.54, 1.807) is 38.1 Å². The van der Waals surface area contributed by atoms with Crippen molar-refractivity contribution in [2.45, 2.75) is 26.6 Å². The highest BCUT2D eigenvalue weighted by Crippen LogP contribution is 2.07. The third-order valence-corrected chi connectivity index (χ3v) is 2.47. The van der Waals surface area contributed by atoms with E-state index in [0.717, 1.165) is 5.56 Å². The SMILES string of the molecule is CCOC(=O)C(=O)C(OCc1ccccc1)C(=O)OCC. The van der Waals surface area contributed by atoms with Crippen LogP contribution in [0.5, 0.6) is 0 Å². The monoisotopic (exact) mass is 294 g/mol. The highest BCUT2D eigenvalue weighted by atomic mass is 16.6. The fourth-order valence-electron chi connectivity index (χ4n) is 1.53. The van der Waals surface area contributed by atoms with E-state index in [-0.39, 0.29) is 19.8 Å². The van der Waals surface area contributed by atoms with Crippen LogP contribution < -0.4 is 0 Å². The van der Waals surface area contributed by atoms with Crippen molar-refractivity contribution in [3.8, 4) is 0 Å². The van der Waals surface area contributed by atoms with Gasteiger partial charge in [-0.1, -0.05) is 30.3 Å². The molecule has 0 heterocycles. The Morgan fingerprint density at radius 2 is 1.62 bits per heavy atom. The van der Waals surface area contributed by atoms with Gasteiger partial charge in [0, 0.05) is 0 Å². The zero-order valence-electron chi connectivity index (χ0n) is 12.0. The minimum atomic E-state index is -1.61. The van der Waals surface area contributed by atoms with Crippen molar-refractivity contribution in [2.75, 3.05) is 13.2 Å². The lowest BCUT2D eigenvalue weighted by atomic mass is 10.2. The summed E-state index contributed by atoms with van der Waals surface area (Å²) in [6.45, 7) is 3.30. The van der Waals surface area contributed by atoms with Crippen LogP contribution in [0, 0.1) is 0 Å². The van der Waals surface area contributed by atoms with Gasteiger partial charge in [-0.25, -0.2) is 9.59 Å². The van der Waals surface area contributed by atoms with Crippen LogP contribution in [0.15, 0.2) is 30.3 Å². The fourth-order valence-corrected chi connectivity index (χ4v) is 1.53. The van der Waals surface area contributed by atoms with Crippen molar-refractivity contribution in [1.82, 2.24) is 0 Å². The molecule has 0 aliphatic rings. The first-order valence-corrected chi connectivity index (χ1v) is 6.63. The molecule has 1 atom stereocenters. The average molecular weight is 294 g/mol. The molecule has 0 amide bonds. The summed E-state index contributed by atoms with van der Waals surface area (Å²) in [5, 5.41) is 0. The van der Waals surface area contributed by atoms with Gasteiger partial charge in [0.15, 0.2) is 0 Å². The predicted molar refractivity (Wildman–Crippen MR) is 73.3 cm³/mol. The van der Waals surface area contributed by atoms with E-state index in [1.165, 1.54) is 0 Å². The molecule has 0 saturated carbocycles. The number of rotatable bonds is 8. The zero-order valence-corrected chi connectivity index (χ0v) is 12.0. The van der Waals surface area contributed by atoms with Crippen molar-refractivity contribution in [3.05, 3.63) is 35.9 Å². The van der Waals surface area contributed by atoms with Crippen LogP contribution in [0.4, 0.5) is 0 Å². The molecule has 6 nitrogen and oxygen atoms in total. The Morgan fingerprint density at radius 1 is 1.00 bits per heavy atom. The molecular weight excluding hydrogens is 276 g/mol. The van der Waals surface area contributed by atoms with Gasteiger partial charge >= 0.3 is 11.9 Å². The number of esters is 2. The van der Waals surface area contributed by atoms with Gasteiger partial charge in [0.05, 0.1) is 19.8 Å². The number of Topliss-reactive ketones (excluding diaryl/α,β-unsaturated/α-hetero) is 1. The molecule has 0 aromatic heterocycles. The van der Waals surface area contributed by atoms with Gasteiger partial charge in [0.1, 0.15) is 0 Å². The zero-order chi connectivity index (χ0) is 15.7. The van der Waals surface area contributed by atoms with Crippen molar-refractivity contribution < 1.29 is 28.6 Å². The van der Waals surface area contributed by atoms with Crippen LogP contribution in [0.1, 0.15) is 19.4 Å². The van der Waals surface area contributed by atoms with Crippen LogP contribution in [0.3, 0.4) is 0 Å². The Bertz CT molecular complexity index is 482. The average Bonchev–Trinajstić information content (AvgIpc) is 2.49. The standard InChI is InChI=1S/C15H18O6/c1-3-19-14(17)12(16)13(15(18)20-4-2)21-10-11-8-6-5-7-9-11/h5-9,13H,3-4,10H2,1-2H3. The normalized spacial score (nSPS) is 11.5. The number of ether oxygens (including phenoxy) is 3. The summed E-state index contributed by atoms with van der Waals surface area (Å²) in [6.07, 6.45) is -1.61. The van der Waals surface area contributed by atoms with Crippen LogP contribution in [-0.4, -0.2) is 37.0 Å².